The second-order valence-electron chi connectivity index (χ2n) is 5.57. The van der Waals surface area contributed by atoms with Gasteiger partial charge in [0.2, 0.25) is 0 Å². The lowest BCUT2D eigenvalue weighted by atomic mass is 9.84. The Kier molecular flexibility index (Phi) is 3.97. The highest BCUT2D eigenvalue weighted by molar-refractivity contribution is 8.00. The van der Waals surface area contributed by atoms with Crippen molar-refractivity contribution >= 4 is 23.4 Å². The van der Waals surface area contributed by atoms with E-state index in [0.717, 1.165) is 30.3 Å². The lowest BCUT2D eigenvalue weighted by Gasteiger charge is -2.40. The molecule has 1 unspecified atom stereocenters. The summed E-state index contributed by atoms with van der Waals surface area (Å²) < 4.78 is 6.43. The first kappa shape index (κ1) is 13.6. The molecule has 1 fully saturated rings. The van der Waals surface area contributed by atoms with E-state index in [1.165, 1.54) is 24.8 Å². The normalized spacial score (nSPS) is 23.6. The molecule has 3 rings (SSSR count). The molecule has 0 spiro atoms. The van der Waals surface area contributed by atoms with Crippen molar-refractivity contribution < 1.29 is 4.74 Å². The summed E-state index contributed by atoms with van der Waals surface area (Å²) in [6, 6.07) is 5.90. The van der Waals surface area contributed by atoms with Crippen LogP contribution in [0.5, 0.6) is 5.75 Å². The molecule has 4 heteroatoms. The van der Waals surface area contributed by atoms with Gasteiger partial charge in [0.15, 0.2) is 0 Å². The van der Waals surface area contributed by atoms with Gasteiger partial charge < -0.3 is 10.1 Å². The lowest BCUT2D eigenvalue weighted by molar-refractivity contribution is 0.221. The standard InChI is InChI=1S/C15H20ClNOS/c1-19-15(5-2-6-15)10-17-9-13-8-11-7-12(16)3-4-14(11)18-13/h3-4,7,13,17H,2,5-6,8-10H2,1H3. The van der Waals surface area contributed by atoms with E-state index in [2.05, 4.69) is 11.6 Å². The van der Waals surface area contributed by atoms with Crippen molar-refractivity contribution in [3.63, 3.8) is 0 Å². The quantitative estimate of drug-likeness (QED) is 0.898. The second kappa shape index (κ2) is 5.55. The van der Waals surface area contributed by atoms with Crippen molar-refractivity contribution in [2.75, 3.05) is 19.3 Å². The van der Waals surface area contributed by atoms with Gasteiger partial charge in [-0.2, -0.15) is 11.8 Å². The van der Waals surface area contributed by atoms with Crippen molar-refractivity contribution in [1.82, 2.24) is 5.32 Å². The van der Waals surface area contributed by atoms with Gasteiger partial charge in [0, 0.05) is 29.3 Å². The molecule has 0 saturated heterocycles. The molecule has 1 aromatic rings. The van der Waals surface area contributed by atoms with Gasteiger partial charge in [-0.15, -0.1) is 0 Å². The Hall–Kier alpha value is -0.380. The Labute approximate surface area is 124 Å². The van der Waals surface area contributed by atoms with E-state index in [-0.39, 0.29) is 6.10 Å². The first-order chi connectivity index (χ1) is 9.21. The maximum atomic E-state index is 6.01. The molecular formula is C15H20ClNOS. The average Bonchev–Trinajstić information content (AvgIpc) is 2.74. The summed E-state index contributed by atoms with van der Waals surface area (Å²) in [5.74, 6) is 0.999. The Morgan fingerprint density at radius 2 is 2.32 bits per heavy atom. The zero-order chi connectivity index (χ0) is 13.3. The maximum Gasteiger partial charge on any atom is 0.123 e. The summed E-state index contributed by atoms with van der Waals surface area (Å²) in [7, 11) is 0. The SMILES string of the molecule is CSC1(CNCC2Cc3cc(Cl)ccc3O2)CCC1. The molecule has 1 aliphatic carbocycles. The topological polar surface area (TPSA) is 21.3 Å². The number of hydrogen-bond donors (Lipinski definition) is 1. The van der Waals surface area contributed by atoms with E-state index in [9.17, 15) is 0 Å². The lowest BCUT2D eigenvalue weighted by Crippen LogP contribution is -2.45. The Bertz CT molecular complexity index is 456. The van der Waals surface area contributed by atoms with Gasteiger partial charge in [0.05, 0.1) is 0 Å². The van der Waals surface area contributed by atoms with Crippen LogP contribution in [0.4, 0.5) is 0 Å². The third-order valence-electron chi connectivity index (χ3n) is 4.28. The van der Waals surface area contributed by atoms with E-state index >= 15 is 0 Å². The van der Waals surface area contributed by atoms with E-state index in [1.54, 1.807) is 0 Å². The second-order valence-corrected chi connectivity index (χ2v) is 7.28. The molecule has 0 amide bonds. The number of hydrogen-bond acceptors (Lipinski definition) is 3. The predicted octanol–water partition coefficient (Wildman–Crippen LogP) is 3.52. The minimum Gasteiger partial charge on any atom is -0.488 e. The molecule has 1 aromatic carbocycles. The van der Waals surface area contributed by atoms with Gasteiger partial charge in [-0.3, -0.25) is 0 Å². The fraction of sp³-hybridized carbons (Fsp3) is 0.600. The first-order valence-corrected chi connectivity index (χ1v) is 8.52. The smallest absolute Gasteiger partial charge is 0.123 e. The van der Waals surface area contributed by atoms with Gasteiger partial charge in [-0.25, -0.2) is 0 Å². The molecule has 1 N–H and O–H groups in total. The average molecular weight is 298 g/mol. The van der Waals surface area contributed by atoms with Crippen LogP contribution in [0.1, 0.15) is 24.8 Å². The molecule has 1 heterocycles. The van der Waals surface area contributed by atoms with Gasteiger partial charge in [0.25, 0.3) is 0 Å². The zero-order valence-corrected chi connectivity index (χ0v) is 12.8. The highest BCUT2D eigenvalue weighted by atomic mass is 35.5. The molecule has 0 aromatic heterocycles. The zero-order valence-electron chi connectivity index (χ0n) is 11.2. The Morgan fingerprint density at radius 3 is 3.00 bits per heavy atom. The fourth-order valence-electron chi connectivity index (χ4n) is 2.89. The van der Waals surface area contributed by atoms with Gasteiger partial charge in [-0.1, -0.05) is 18.0 Å². The molecule has 2 nitrogen and oxygen atoms in total. The van der Waals surface area contributed by atoms with Crippen LogP contribution in [-0.2, 0) is 6.42 Å². The summed E-state index contributed by atoms with van der Waals surface area (Å²) >= 11 is 8.02. The number of thioether (sulfide) groups is 1. The van der Waals surface area contributed by atoms with Crippen LogP contribution in [0.25, 0.3) is 0 Å². The van der Waals surface area contributed by atoms with Crippen molar-refractivity contribution in [1.29, 1.82) is 0 Å². The van der Waals surface area contributed by atoms with Crippen LogP contribution in [0.3, 0.4) is 0 Å². The highest BCUT2D eigenvalue weighted by Gasteiger charge is 2.36. The molecule has 0 radical (unpaired) electrons. The fourth-order valence-corrected chi connectivity index (χ4v) is 4.03. The molecule has 1 atom stereocenters. The number of ether oxygens (including phenoxy) is 1. The molecule has 2 aliphatic rings. The first-order valence-electron chi connectivity index (χ1n) is 6.92. The third-order valence-corrected chi connectivity index (χ3v) is 5.93. The van der Waals surface area contributed by atoms with Crippen LogP contribution in [-0.4, -0.2) is 30.2 Å². The van der Waals surface area contributed by atoms with Gasteiger partial charge in [-0.05, 0) is 42.9 Å². The van der Waals surface area contributed by atoms with Crippen LogP contribution < -0.4 is 10.1 Å². The van der Waals surface area contributed by atoms with Crippen LogP contribution in [0.15, 0.2) is 18.2 Å². The number of benzene rings is 1. The number of fused-ring (bicyclic) bond motifs is 1. The van der Waals surface area contributed by atoms with Gasteiger partial charge in [0.1, 0.15) is 11.9 Å². The summed E-state index contributed by atoms with van der Waals surface area (Å²) in [5, 5.41) is 4.39. The molecule has 104 valence electrons. The predicted molar refractivity (Wildman–Crippen MR) is 82.5 cm³/mol. The minimum atomic E-state index is 0.257. The summed E-state index contributed by atoms with van der Waals surface area (Å²) in [6.45, 7) is 2.03. The molecule has 1 saturated carbocycles. The number of halogens is 1. The van der Waals surface area contributed by atoms with Crippen LogP contribution in [0, 0.1) is 0 Å². The third kappa shape index (κ3) is 2.88. The monoisotopic (exact) mass is 297 g/mol. The van der Waals surface area contributed by atoms with Crippen molar-refractivity contribution in [3.8, 4) is 5.75 Å². The summed E-state index contributed by atoms with van der Waals surface area (Å²) in [4.78, 5) is 0. The van der Waals surface area contributed by atoms with E-state index in [1.807, 2.05) is 30.0 Å². The van der Waals surface area contributed by atoms with Crippen molar-refractivity contribution in [2.45, 2.75) is 36.5 Å². The van der Waals surface area contributed by atoms with Gasteiger partial charge >= 0.3 is 0 Å². The highest BCUT2D eigenvalue weighted by Crippen LogP contribution is 2.42. The molecule has 0 bridgehead atoms. The van der Waals surface area contributed by atoms with Crippen molar-refractivity contribution in [3.05, 3.63) is 28.8 Å². The summed E-state index contributed by atoms with van der Waals surface area (Å²) in [5.41, 5.74) is 1.24. The maximum absolute atomic E-state index is 6.01. The van der Waals surface area contributed by atoms with Crippen LogP contribution in [0.2, 0.25) is 5.02 Å². The van der Waals surface area contributed by atoms with E-state index in [4.69, 9.17) is 16.3 Å². The molecule has 19 heavy (non-hydrogen) atoms. The number of nitrogens with one attached hydrogen (secondary N) is 1. The Balaban J connectivity index is 1.48. The molecular weight excluding hydrogens is 278 g/mol. The Morgan fingerprint density at radius 1 is 1.47 bits per heavy atom. The van der Waals surface area contributed by atoms with E-state index in [0.29, 0.717) is 4.75 Å². The van der Waals surface area contributed by atoms with E-state index < -0.39 is 0 Å². The minimum absolute atomic E-state index is 0.257. The largest absolute Gasteiger partial charge is 0.488 e. The number of rotatable bonds is 5. The van der Waals surface area contributed by atoms with Crippen LogP contribution >= 0.6 is 23.4 Å². The summed E-state index contributed by atoms with van der Waals surface area (Å²) in [6.07, 6.45) is 7.53. The molecule has 1 aliphatic heterocycles. The van der Waals surface area contributed by atoms with Crippen molar-refractivity contribution in [2.24, 2.45) is 0 Å².